The first-order valence-electron chi connectivity index (χ1n) is 43.4. The van der Waals surface area contributed by atoms with Gasteiger partial charge in [0, 0.05) is 66.4 Å². The molecule has 11 rings (SSSR count). The number of aliphatic hydroxyl groups excluding tert-OH is 1. The predicted molar refractivity (Wildman–Crippen MR) is 548 cm³/mol. The molecule has 9 aromatic carbocycles. The number of carbonyl (C=O) groups is 3. The molecular formula is C107H141ClF2N9O11PS2. The lowest BCUT2D eigenvalue weighted by Gasteiger charge is -2.29. The van der Waals surface area contributed by atoms with E-state index in [1.807, 2.05) is 160 Å². The van der Waals surface area contributed by atoms with E-state index in [2.05, 4.69) is 180 Å². The molecule has 0 radical (unpaired) electrons. The van der Waals surface area contributed by atoms with Gasteiger partial charge in [-0.3, -0.25) is 44.5 Å². The highest BCUT2D eigenvalue weighted by Crippen LogP contribution is 2.36. The number of imidazole rings is 1. The van der Waals surface area contributed by atoms with Gasteiger partial charge in [0.15, 0.2) is 17.6 Å². The lowest BCUT2D eigenvalue weighted by atomic mass is 9.78. The van der Waals surface area contributed by atoms with Crippen LogP contribution >= 0.6 is 45.0 Å². The van der Waals surface area contributed by atoms with Gasteiger partial charge in [0.25, 0.3) is 6.54 Å². The Bertz CT molecular complexity index is 5640. The van der Waals surface area contributed by atoms with E-state index in [-0.39, 0.29) is 58.4 Å². The number of nitriles is 3. The molecule has 10 aromatic rings. The minimum absolute atomic E-state index is 0. The summed E-state index contributed by atoms with van der Waals surface area (Å²) in [5, 5.41) is 67.1. The normalized spacial score (nSPS) is 11.4. The average Bonchev–Trinajstić information content (AvgIpc) is 1.64. The second-order valence-corrected chi connectivity index (χ2v) is 38.2. The number of hydrogen-bond donors (Lipinski definition) is 3. The Balaban J connectivity index is 0.00000148. The number of ketones is 2. The van der Waals surface area contributed by atoms with Crippen molar-refractivity contribution in [3.63, 3.8) is 0 Å². The first kappa shape index (κ1) is 122. The number of halogens is 3. The number of thioether (sulfide) groups is 1. The Morgan fingerprint density at radius 3 is 1.24 bits per heavy atom. The van der Waals surface area contributed by atoms with Crippen LogP contribution in [0.15, 0.2) is 187 Å². The molecule has 133 heavy (non-hydrogen) atoms. The van der Waals surface area contributed by atoms with E-state index in [0.29, 0.717) is 11.2 Å². The van der Waals surface area contributed by atoms with Crippen LogP contribution in [0.1, 0.15) is 218 Å². The third kappa shape index (κ3) is 41.1. The Hall–Kier alpha value is -11.1. The van der Waals surface area contributed by atoms with Gasteiger partial charge in [0.2, 0.25) is 12.3 Å². The van der Waals surface area contributed by atoms with Crippen LogP contribution in [0.4, 0.5) is 8.78 Å². The lowest BCUT2D eigenvalue weighted by molar-refractivity contribution is -0.492. The number of H-pyrrole nitrogens is 1. The van der Waals surface area contributed by atoms with Crippen molar-refractivity contribution in [1.29, 1.82) is 15.8 Å². The topological polar surface area (TPSA) is 328 Å². The second-order valence-electron chi connectivity index (χ2n) is 36.0. The number of nitrogens with one attached hydrogen (secondary N) is 1. The number of nitro groups is 3. The Labute approximate surface area is 807 Å². The molecule has 1 atom stereocenters. The van der Waals surface area contributed by atoms with Crippen LogP contribution in [0.5, 0.6) is 0 Å². The number of aryl methyl sites for hydroxylation is 14. The van der Waals surface area contributed by atoms with Crippen LogP contribution in [0, 0.1) is 177 Å². The number of carbonyl (C=O) groups excluding carboxylic acids is 3. The highest BCUT2D eigenvalue weighted by molar-refractivity contribution is 8.03. The maximum Gasteiger partial charge on any atom is 0.262 e. The molecule has 2 heterocycles. The molecule has 1 unspecified atom stereocenters. The van der Waals surface area contributed by atoms with Gasteiger partial charge in [-0.05, 0) is 368 Å². The number of benzene rings is 9. The first-order valence-corrected chi connectivity index (χ1v) is 46.7. The smallest absolute Gasteiger partial charge is 0.262 e. The number of aliphatic hydroxyl groups is 1. The van der Waals surface area contributed by atoms with Crippen LogP contribution in [0.25, 0.3) is 5.69 Å². The highest BCUT2D eigenvalue weighted by atomic mass is 35.5. The van der Waals surface area contributed by atoms with Gasteiger partial charge >= 0.3 is 0 Å². The summed E-state index contributed by atoms with van der Waals surface area (Å²) in [6, 6.07) is 59.4. The number of nitrogens with two attached hydrogens (primary N) is 1. The molecule has 1 fully saturated rings. The highest BCUT2D eigenvalue weighted by Gasteiger charge is 2.36. The van der Waals surface area contributed by atoms with Crippen LogP contribution in [0.2, 0.25) is 0 Å². The van der Waals surface area contributed by atoms with E-state index in [1.54, 1.807) is 38.1 Å². The number of aromatic nitrogens is 2. The van der Waals surface area contributed by atoms with E-state index in [9.17, 15) is 48.5 Å². The summed E-state index contributed by atoms with van der Waals surface area (Å²) < 4.78 is 33.0. The van der Waals surface area contributed by atoms with Gasteiger partial charge in [0.05, 0.1) is 41.6 Å². The Kier molecular flexibility index (Phi) is 53.3. The number of ether oxygens (including phenoxy) is 1. The van der Waals surface area contributed by atoms with E-state index in [4.69, 9.17) is 48.6 Å². The molecule has 0 spiro atoms. The number of Topliss-reactive ketones (excluding diaryl/α,β-unsaturated/α-hetero) is 2. The van der Waals surface area contributed by atoms with E-state index in [0.717, 1.165) is 113 Å². The predicted octanol–water partition coefficient (Wildman–Crippen LogP) is 25.1. The van der Waals surface area contributed by atoms with Crippen molar-refractivity contribution in [2.24, 2.45) is 5.73 Å². The van der Waals surface area contributed by atoms with Crippen molar-refractivity contribution < 1.29 is 47.8 Å². The zero-order chi connectivity index (χ0) is 101. The molecule has 20 nitrogen and oxygen atoms in total. The summed E-state index contributed by atoms with van der Waals surface area (Å²) >= 11 is 6.49. The molecule has 0 amide bonds. The molecule has 1 aliphatic heterocycles. The fourth-order valence-electron chi connectivity index (χ4n) is 12.3. The second kappa shape index (κ2) is 58.1. The van der Waals surface area contributed by atoms with Gasteiger partial charge < -0.3 is 25.4 Å². The van der Waals surface area contributed by atoms with Crippen LogP contribution < -0.4 is 5.73 Å². The largest absolute Gasteiger partial charge is 0.385 e. The summed E-state index contributed by atoms with van der Waals surface area (Å²) in [4.78, 5) is 66.4. The molecule has 0 saturated carbocycles. The summed E-state index contributed by atoms with van der Waals surface area (Å²) in [5.41, 5.74) is 28.8. The summed E-state index contributed by atoms with van der Waals surface area (Å²) in [5.74, 6) is -0.824. The average molecular weight is 1900 g/mol. The third-order valence-corrected chi connectivity index (χ3v) is 24.1. The van der Waals surface area contributed by atoms with Gasteiger partial charge in [-0.2, -0.15) is 15.8 Å². The number of rotatable bonds is 19. The van der Waals surface area contributed by atoms with Crippen LogP contribution in [0.3, 0.4) is 0 Å². The van der Waals surface area contributed by atoms with E-state index < -0.39 is 50.2 Å². The molecule has 1 aromatic heterocycles. The monoisotopic (exact) mass is 1900 g/mol. The molecule has 718 valence electrons. The number of aldehydes is 1. The number of thiocyanates is 1. The minimum atomic E-state index is -0.986. The quantitative estimate of drug-likeness (QED) is 0.0129. The standard InChI is InChI=1S/C20H21FN2S.C13H19NO3.C13H17NO3.C13H19NO.C12H15N.C12H16O.C10H11N.C7H4FNS.C4H8O.C2H7P.CH3NO2.ClH/c1-13-5-6-15(11-14(13)2)20(3,4)18-12-22-19(24)23(18)17-9-7-16(21)8-10-17;2*1-9-5-6-11(7-10(9)2)13(3,4)12(15)8-14(16)17;1-9-5-6-11(7-10(9)2)13(3,4)12(15)8-14;2*1-9-5-6-11(7-10(9)2)12(3,4)8-13;1-8-3-4-10(5-6-11)7-9(8)2;8-6-1-3-7(4-2-6)10-5-9;1-2-4-5-3-1;1-3-2;1-2(3)4;/h5-12H,1-4H3,(H,22,24);5-7,12,15H,8H2,1-4H3;5-7H,8H2,1-4H3;5-7H,8,14H2,1-4H3;5-7H,1-4H3;5-8H,1-4H3;3-4,7H,5H2,1-2H3;1-4H;1-4H2;3H,1-2H3;1H3;1H. The maximum atomic E-state index is 13.3. The van der Waals surface area contributed by atoms with Crippen molar-refractivity contribution in [3.8, 4) is 23.2 Å². The van der Waals surface area contributed by atoms with Gasteiger partial charge in [-0.1, -0.05) is 155 Å². The molecule has 26 heteroatoms. The van der Waals surface area contributed by atoms with Crippen molar-refractivity contribution in [1.82, 2.24) is 9.55 Å². The number of aromatic amines is 1. The van der Waals surface area contributed by atoms with E-state index >= 15 is 0 Å². The fraction of sp³-hybridized carbons (Fsp3) is 0.411. The van der Waals surface area contributed by atoms with Crippen LogP contribution in [-0.2, 0) is 58.0 Å². The van der Waals surface area contributed by atoms with Gasteiger partial charge in [-0.25, -0.2) is 8.78 Å². The van der Waals surface area contributed by atoms with Crippen LogP contribution in [-0.4, -0.2) is 107 Å². The Morgan fingerprint density at radius 2 is 0.887 bits per heavy atom. The Morgan fingerprint density at radius 1 is 0.541 bits per heavy atom. The van der Waals surface area contributed by atoms with E-state index in [1.165, 1.54) is 104 Å². The number of hydrogen-bond acceptors (Lipinski definition) is 17. The minimum Gasteiger partial charge on any atom is -0.385 e. The zero-order valence-corrected chi connectivity index (χ0v) is 86.8. The van der Waals surface area contributed by atoms with Crippen molar-refractivity contribution in [2.45, 2.75) is 243 Å². The molecule has 1 aliphatic rings. The SMILES string of the molecule is C1CCOC1.CPC.C[N+](=O)[O-].Cc1ccc(C(C)(C)C#N)cc1C.Cc1ccc(C(C)(C)C(=O)CN)cc1C.Cc1ccc(C(C)(C)C(=O)C[N+](=O)[O-])cc1C.Cc1ccc(C(C)(C)C(O)C[N+](=O)[O-])cc1C.Cc1ccc(C(C)(C)C=O)cc1C.Cc1ccc(C(C)(C)c2c[nH]c(=S)n2-c2ccc(F)cc2)cc1C.Cc1ccc(CC#N)cc1C.Cl.N#CSc1ccc(F)cc1. The number of nitrogens with zero attached hydrogens (tertiary/aromatic N) is 7. The molecule has 4 N–H and O–H groups in total. The summed E-state index contributed by atoms with van der Waals surface area (Å²) in [6.07, 6.45) is 5.03. The van der Waals surface area contributed by atoms with Crippen molar-refractivity contribution >= 4 is 62.8 Å². The lowest BCUT2D eigenvalue weighted by Crippen LogP contribution is -2.38. The first-order chi connectivity index (χ1) is 61.3. The summed E-state index contributed by atoms with van der Waals surface area (Å²) in [6.45, 7) is 57.2. The molecule has 0 aliphatic carbocycles. The molecule has 0 bridgehead atoms. The van der Waals surface area contributed by atoms with Crippen molar-refractivity contribution in [3.05, 3.63) is 351 Å². The van der Waals surface area contributed by atoms with Crippen molar-refractivity contribution in [2.75, 3.05) is 53.2 Å². The maximum absolute atomic E-state index is 13.3. The summed E-state index contributed by atoms with van der Waals surface area (Å²) in [7, 11) is 1.97. The third-order valence-electron chi connectivity index (χ3n) is 23.2. The molecule has 1 saturated heterocycles. The van der Waals surface area contributed by atoms with Gasteiger partial charge in [0.1, 0.15) is 29.4 Å². The zero-order valence-electron chi connectivity index (χ0n) is 83.4. The van der Waals surface area contributed by atoms with Gasteiger partial charge in [-0.15, -0.1) is 21.0 Å². The molecular weight excluding hydrogens is 1760 g/mol. The fourth-order valence-corrected chi connectivity index (χ4v) is 12.9.